The lowest BCUT2D eigenvalue weighted by Gasteiger charge is -2.35. The number of rotatable bonds is 9. The molecular formula is C28H33N5OS. The van der Waals surface area contributed by atoms with Gasteiger partial charge in [0.2, 0.25) is 0 Å². The van der Waals surface area contributed by atoms with Crippen LogP contribution in [0.3, 0.4) is 0 Å². The van der Waals surface area contributed by atoms with Crippen LogP contribution < -0.4 is 15.1 Å². The molecule has 2 aromatic carbocycles. The van der Waals surface area contributed by atoms with E-state index in [1.165, 1.54) is 28.0 Å². The van der Waals surface area contributed by atoms with E-state index in [0.717, 1.165) is 62.5 Å². The van der Waals surface area contributed by atoms with Gasteiger partial charge in [-0.15, -0.1) is 0 Å². The number of amides is 1. The van der Waals surface area contributed by atoms with Gasteiger partial charge in [0, 0.05) is 55.0 Å². The zero-order valence-corrected chi connectivity index (χ0v) is 21.1. The number of anilines is 2. The number of para-hydroxylation sites is 2. The molecule has 182 valence electrons. The largest absolute Gasteiger partial charge is 0.368 e. The van der Waals surface area contributed by atoms with Gasteiger partial charge in [-0.25, -0.2) is 4.98 Å². The maximum Gasteiger partial charge on any atom is 0.263 e. The standard InChI is InChI=1S/C28H33N5OS/c1-2-3-9-22(18-21-19-29-25-13-8-7-12-24(21)25)31-27(34)26-20-30-28(35-26)33-16-14-32(15-17-33)23-10-5-4-6-11-23/h4-8,10-13,19-20,22,29H,2-3,9,14-18H2,1H3,(H,31,34). The first kappa shape index (κ1) is 23.4. The summed E-state index contributed by atoms with van der Waals surface area (Å²) in [5.74, 6) is -0.0161. The molecule has 0 aliphatic carbocycles. The number of carbonyl (C=O) groups excluding carboxylic acids is 1. The molecule has 35 heavy (non-hydrogen) atoms. The molecule has 1 atom stereocenters. The molecule has 0 bridgehead atoms. The number of hydrogen-bond donors (Lipinski definition) is 2. The van der Waals surface area contributed by atoms with E-state index in [0.29, 0.717) is 4.88 Å². The topological polar surface area (TPSA) is 64.3 Å². The molecular weight excluding hydrogens is 454 g/mol. The van der Waals surface area contributed by atoms with Gasteiger partial charge in [-0.05, 0) is 36.6 Å². The molecule has 4 aromatic rings. The molecule has 1 saturated heterocycles. The Labute approximate surface area is 211 Å². The quantitative estimate of drug-likeness (QED) is 0.328. The van der Waals surface area contributed by atoms with Crippen molar-refractivity contribution in [2.24, 2.45) is 0 Å². The summed E-state index contributed by atoms with van der Waals surface area (Å²) in [6, 6.07) is 19.0. The summed E-state index contributed by atoms with van der Waals surface area (Å²) >= 11 is 1.50. The fourth-order valence-corrected chi connectivity index (χ4v) is 5.68. The molecule has 1 aliphatic heterocycles. The van der Waals surface area contributed by atoms with Gasteiger partial charge in [0.25, 0.3) is 5.91 Å². The Balaban J connectivity index is 1.21. The third-order valence-electron chi connectivity index (χ3n) is 6.77. The molecule has 5 rings (SSSR count). The normalized spacial score (nSPS) is 14.9. The fourth-order valence-electron chi connectivity index (χ4n) is 4.81. The lowest BCUT2D eigenvalue weighted by Crippen LogP contribution is -2.46. The highest BCUT2D eigenvalue weighted by Gasteiger charge is 2.22. The molecule has 1 unspecified atom stereocenters. The predicted molar refractivity (Wildman–Crippen MR) is 146 cm³/mol. The molecule has 3 heterocycles. The zero-order chi connectivity index (χ0) is 24.0. The molecule has 0 spiro atoms. The number of unbranched alkanes of at least 4 members (excludes halogenated alkanes) is 1. The van der Waals surface area contributed by atoms with Crippen LogP contribution in [0.4, 0.5) is 10.8 Å². The molecule has 7 heteroatoms. The number of piperazine rings is 1. The number of fused-ring (bicyclic) bond motifs is 1. The van der Waals surface area contributed by atoms with Crippen molar-refractivity contribution in [1.29, 1.82) is 0 Å². The van der Waals surface area contributed by atoms with E-state index in [4.69, 9.17) is 0 Å². The van der Waals surface area contributed by atoms with Crippen LogP contribution in [-0.2, 0) is 6.42 Å². The number of hydrogen-bond acceptors (Lipinski definition) is 5. The first-order valence-corrected chi connectivity index (χ1v) is 13.4. The Bertz CT molecular complexity index is 1240. The highest BCUT2D eigenvalue weighted by molar-refractivity contribution is 7.17. The smallest absolute Gasteiger partial charge is 0.263 e. The predicted octanol–water partition coefficient (Wildman–Crippen LogP) is 5.48. The Morgan fingerprint density at radius 1 is 1.06 bits per heavy atom. The number of aromatic nitrogens is 2. The lowest BCUT2D eigenvalue weighted by atomic mass is 10.0. The van der Waals surface area contributed by atoms with Gasteiger partial charge in [-0.3, -0.25) is 4.79 Å². The van der Waals surface area contributed by atoms with Gasteiger partial charge in [0.15, 0.2) is 5.13 Å². The number of nitrogens with zero attached hydrogens (tertiary/aromatic N) is 3. The molecule has 1 amide bonds. The third-order valence-corrected chi connectivity index (χ3v) is 7.83. The van der Waals surface area contributed by atoms with Crippen LogP contribution in [0, 0.1) is 0 Å². The summed E-state index contributed by atoms with van der Waals surface area (Å²) in [4.78, 5) is 26.5. The van der Waals surface area contributed by atoms with E-state index in [1.807, 2.05) is 6.07 Å². The molecule has 1 fully saturated rings. The van der Waals surface area contributed by atoms with Gasteiger partial charge in [0.1, 0.15) is 4.88 Å². The molecule has 0 saturated carbocycles. The summed E-state index contributed by atoms with van der Waals surface area (Å²) in [6.07, 6.45) is 7.81. The third kappa shape index (κ3) is 5.51. The van der Waals surface area contributed by atoms with Gasteiger partial charge in [-0.2, -0.15) is 0 Å². The van der Waals surface area contributed by atoms with E-state index < -0.39 is 0 Å². The van der Waals surface area contributed by atoms with Crippen LogP contribution in [0.25, 0.3) is 10.9 Å². The minimum atomic E-state index is -0.0161. The SMILES string of the molecule is CCCCC(Cc1c[nH]c2ccccc12)NC(=O)c1cnc(N2CCN(c3ccccc3)CC2)s1. The Kier molecular flexibility index (Phi) is 7.33. The maximum absolute atomic E-state index is 13.2. The Hall–Kier alpha value is -3.32. The van der Waals surface area contributed by atoms with Crippen LogP contribution in [0.5, 0.6) is 0 Å². The molecule has 2 N–H and O–H groups in total. The Morgan fingerprint density at radius 3 is 2.60 bits per heavy atom. The van der Waals surface area contributed by atoms with Crippen molar-refractivity contribution >= 4 is 39.0 Å². The van der Waals surface area contributed by atoms with Crippen molar-refractivity contribution in [2.75, 3.05) is 36.0 Å². The van der Waals surface area contributed by atoms with Gasteiger partial charge >= 0.3 is 0 Å². The highest BCUT2D eigenvalue weighted by atomic mass is 32.1. The van der Waals surface area contributed by atoms with Crippen LogP contribution in [0.1, 0.15) is 41.4 Å². The van der Waals surface area contributed by atoms with Crippen LogP contribution in [-0.4, -0.2) is 48.1 Å². The van der Waals surface area contributed by atoms with E-state index >= 15 is 0 Å². The van der Waals surface area contributed by atoms with Crippen LogP contribution in [0.2, 0.25) is 0 Å². The lowest BCUT2D eigenvalue weighted by molar-refractivity contribution is 0.0938. The van der Waals surface area contributed by atoms with Crippen LogP contribution >= 0.6 is 11.3 Å². The van der Waals surface area contributed by atoms with Crippen molar-refractivity contribution in [1.82, 2.24) is 15.3 Å². The van der Waals surface area contributed by atoms with Crippen molar-refractivity contribution in [3.05, 3.63) is 77.4 Å². The van der Waals surface area contributed by atoms with Gasteiger partial charge in [-0.1, -0.05) is 67.5 Å². The number of thiazole rings is 1. The molecule has 2 aromatic heterocycles. The summed E-state index contributed by atoms with van der Waals surface area (Å²) in [7, 11) is 0. The second-order valence-corrected chi connectivity index (χ2v) is 10.2. The highest BCUT2D eigenvalue weighted by Crippen LogP contribution is 2.26. The zero-order valence-electron chi connectivity index (χ0n) is 20.2. The molecule has 1 aliphatic rings. The van der Waals surface area contributed by atoms with Crippen LogP contribution in [0.15, 0.2) is 67.0 Å². The second-order valence-electron chi connectivity index (χ2n) is 9.19. The monoisotopic (exact) mass is 487 g/mol. The average Bonchev–Trinajstić information content (AvgIpc) is 3.56. The van der Waals surface area contributed by atoms with E-state index in [-0.39, 0.29) is 11.9 Å². The number of carbonyl (C=O) groups is 1. The second kappa shape index (κ2) is 11.0. The first-order valence-electron chi connectivity index (χ1n) is 12.6. The summed E-state index contributed by atoms with van der Waals surface area (Å²) in [5, 5.41) is 5.48. The minimum Gasteiger partial charge on any atom is -0.368 e. The van der Waals surface area contributed by atoms with Crippen molar-refractivity contribution in [3.63, 3.8) is 0 Å². The first-order chi connectivity index (χ1) is 17.2. The van der Waals surface area contributed by atoms with E-state index in [9.17, 15) is 4.79 Å². The summed E-state index contributed by atoms with van der Waals surface area (Å²) < 4.78 is 0. The van der Waals surface area contributed by atoms with Crippen molar-refractivity contribution < 1.29 is 4.79 Å². The number of nitrogens with one attached hydrogen (secondary N) is 2. The number of aromatic amines is 1. The minimum absolute atomic E-state index is 0.0161. The molecule has 6 nitrogen and oxygen atoms in total. The van der Waals surface area contributed by atoms with Gasteiger partial charge in [0.05, 0.1) is 6.20 Å². The average molecular weight is 488 g/mol. The maximum atomic E-state index is 13.2. The van der Waals surface area contributed by atoms with Crippen molar-refractivity contribution in [3.8, 4) is 0 Å². The van der Waals surface area contributed by atoms with E-state index in [2.05, 4.69) is 86.7 Å². The van der Waals surface area contributed by atoms with E-state index in [1.54, 1.807) is 6.20 Å². The molecule has 0 radical (unpaired) electrons. The fraction of sp³-hybridized carbons (Fsp3) is 0.357. The number of H-pyrrole nitrogens is 1. The number of benzene rings is 2. The summed E-state index contributed by atoms with van der Waals surface area (Å²) in [5.41, 5.74) is 3.66. The summed E-state index contributed by atoms with van der Waals surface area (Å²) in [6.45, 7) is 5.91. The van der Waals surface area contributed by atoms with Gasteiger partial charge < -0.3 is 20.1 Å². The Morgan fingerprint density at radius 2 is 1.80 bits per heavy atom. The van der Waals surface area contributed by atoms with Crippen molar-refractivity contribution in [2.45, 2.75) is 38.6 Å².